The van der Waals surface area contributed by atoms with Gasteiger partial charge in [-0.2, -0.15) is 5.10 Å². The third-order valence-electron chi connectivity index (χ3n) is 3.50. The maximum atomic E-state index is 13.1. The molecule has 0 amide bonds. The van der Waals surface area contributed by atoms with E-state index < -0.39 is 10.0 Å². The van der Waals surface area contributed by atoms with Crippen molar-refractivity contribution < 1.29 is 8.42 Å². The van der Waals surface area contributed by atoms with Crippen LogP contribution >= 0.6 is 0 Å². The number of aryl methyl sites for hydroxylation is 2. The van der Waals surface area contributed by atoms with E-state index in [0.29, 0.717) is 23.6 Å². The van der Waals surface area contributed by atoms with Gasteiger partial charge in [0.1, 0.15) is 4.90 Å². The molecular weight excluding hydrogens is 298 g/mol. The van der Waals surface area contributed by atoms with Crippen LogP contribution in [0.15, 0.2) is 47.9 Å². The fraction of sp³-hybridized carbons (Fsp3) is 0.312. The maximum absolute atomic E-state index is 13.1. The van der Waals surface area contributed by atoms with Crippen molar-refractivity contribution in [3.63, 3.8) is 0 Å². The molecule has 0 bridgehead atoms. The molecule has 6 heteroatoms. The summed E-state index contributed by atoms with van der Waals surface area (Å²) in [5.74, 6) is 0. The van der Waals surface area contributed by atoms with Gasteiger partial charge in [-0.1, -0.05) is 24.3 Å². The Labute approximate surface area is 131 Å². The average Bonchev–Trinajstić information content (AvgIpc) is 2.80. The second kappa shape index (κ2) is 6.36. The summed E-state index contributed by atoms with van der Waals surface area (Å²) in [6.07, 6.45) is 1.58. The Morgan fingerprint density at radius 1 is 1.27 bits per heavy atom. The molecule has 2 rings (SSSR count). The molecule has 0 aliphatic rings. The van der Waals surface area contributed by atoms with Crippen molar-refractivity contribution in [2.45, 2.75) is 32.2 Å². The molecule has 0 N–H and O–H groups in total. The maximum Gasteiger partial charge on any atom is 0.268 e. The number of sulfonamides is 1. The van der Waals surface area contributed by atoms with Crippen molar-refractivity contribution in [1.29, 1.82) is 0 Å². The number of hydrogen-bond donors (Lipinski definition) is 0. The van der Waals surface area contributed by atoms with E-state index in [4.69, 9.17) is 0 Å². The molecule has 0 radical (unpaired) electrons. The summed E-state index contributed by atoms with van der Waals surface area (Å²) in [7, 11) is -3.69. The van der Waals surface area contributed by atoms with Crippen molar-refractivity contribution in [2.75, 3.05) is 10.8 Å². The molecule has 0 spiro atoms. The van der Waals surface area contributed by atoms with Gasteiger partial charge in [-0.3, -0.25) is 8.99 Å². The molecule has 0 unspecified atom stereocenters. The topological polar surface area (TPSA) is 55.2 Å². The highest BCUT2D eigenvalue weighted by atomic mass is 32.2. The number of para-hydroxylation sites is 1. The minimum Gasteiger partial charge on any atom is -0.268 e. The molecule has 2 aromatic rings. The first-order valence-corrected chi connectivity index (χ1v) is 8.60. The Balaban J connectivity index is 2.61. The first-order valence-electron chi connectivity index (χ1n) is 7.16. The zero-order valence-electron chi connectivity index (χ0n) is 13.2. The number of anilines is 1. The van der Waals surface area contributed by atoms with E-state index in [1.165, 1.54) is 4.31 Å². The summed E-state index contributed by atoms with van der Waals surface area (Å²) in [5.41, 5.74) is 1.79. The zero-order chi connectivity index (χ0) is 16.3. The van der Waals surface area contributed by atoms with E-state index in [9.17, 15) is 8.42 Å². The quantitative estimate of drug-likeness (QED) is 0.769. The van der Waals surface area contributed by atoms with Gasteiger partial charge in [0.2, 0.25) is 0 Å². The van der Waals surface area contributed by atoms with Gasteiger partial charge in [-0.05, 0) is 32.9 Å². The van der Waals surface area contributed by atoms with Gasteiger partial charge in [0.15, 0.2) is 0 Å². The molecule has 0 atom stereocenters. The lowest BCUT2D eigenvalue weighted by Gasteiger charge is -2.23. The Kier molecular flexibility index (Phi) is 4.71. The standard InChI is InChI=1S/C16H21N3O2S/c1-5-12-19(15-10-8-7-9-11-15)22(20,21)16-13(3)17-18(6-2)14(16)4/h5,7-11H,1,6,12H2,2-4H3. The van der Waals surface area contributed by atoms with Crippen molar-refractivity contribution in [1.82, 2.24) is 9.78 Å². The minimum atomic E-state index is -3.69. The van der Waals surface area contributed by atoms with Crippen LogP contribution in [-0.4, -0.2) is 24.7 Å². The molecule has 0 saturated heterocycles. The van der Waals surface area contributed by atoms with Gasteiger partial charge in [-0.15, -0.1) is 6.58 Å². The van der Waals surface area contributed by atoms with Gasteiger partial charge in [0, 0.05) is 6.54 Å². The Morgan fingerprint density at radius 2 is 1.91 bits per heavy atom. The summed E-state index contributed by atoms with van der Waals surface area (Å²) in [6, 6.07) is 9.03. The fourth-order valence-electron chi connectivity index (χ4n) is 2.53. The predicted molar refractivity (Wildman–Crippen MR) is 88.5 cm³/mol. The lowest BCUT2D eigenvalue weighted by Crippen LogP contribution is -2.32. The van der Waals surface area contributed by atoms with Crippen LogP contribution in [0.25, 0.3) is 0 Å². The van der Waals surface area contributed by atoms with Crippen LogP contribution in [0.1, 0.15) is 18.3 Å². The van der Waals surface area contributed by atoms with Crippen LogP contribution in [0.3, 0.4) is 0 Å². The van der Waals surface area contributed by atoms with E-state index >= 15 is 0 Å². The Hall–Kier alpha value is -2.08. The first kappa shape index (κ1) is 16.3. The second-order valence-corrected chi connectivity index (χ2v) is 6.78. The zero-order valence-corrected chi connectivity index (χ0v) is 14.0. The molecule has 22 heavy (non-hydrogen) atoms. The summed E-state index contributed by atoms with van der Waals surface area (Å²) in [6.45, 7) is 9.97. The van der Waals surface area contributed by atoms with Gasteiger partial charge in [0.05, 0.1) is 23.6 Å². The first-order chi connectivity index (χ1) is 10.4. The normalized spacial score (nSPS) is 11.4. The van der Waals surface area contributed by atoms with Gasteiger partial charge in [0.25, 0.3) is 10.0 Å². The largest absolute Gasteiger partial charge is 0.268 e. The van der Waals surface area contributed by atoms with Gasteiger partial charge >= 0.3 is 0 Å². The molecule has 1 aromatic heterocycles. The summed E-state index contributed by atoms with van der Waals surface area (Å²) in [4.78, 5) is 0.278. The summed E-state index contributed by atoms with van der Waals surface area (Å²) < 4.78 is 29.3. The fourth-order valence-corrected chi connectivity index (χ4v) is 4.34. The molecular formula is C16H21N3O2S. The number of benzene rings is 1. The highest BCUT2D eigenvalue weighted by Crippen LogP contribution is 2.27. The third kappa shape index (κ3) is 2.78. The Morgan fingerprint density at radius 3 is 2.41 bits per heavy atom. The molecule has 0 fully saturated rings. The van der Waals surface area contributed by atoms with E-state index in [1.807, 2.05) is 25.1 Å². The molecule has 1 aromatic carbocycles. The van der Waals surface area contributed by atoms with Crippen molar-refractivity contribution in [2.24, 2.45) is 0 Å². The number of aromatic nitrogens is 2. The van der Waals surface area contributed by atoms with Crippen LogP contribution < -0.4 is 4.31 Å². The summed E-state index contributed by atoms with van der Waals surface area (Å²) in [5, 5.41) is 4.32. The monoisotopic (exact) mass is 319 g/mol. The average molecular weight is 319 g/mol. The third-order valence-corrected chi connectivity index (χ3v) is 5.55. The SMILES string of the molecule is C=CCN(c1ccccc1)S(=O)(=O)c1c(C)nn(CC)c1C. The van der Waals surface area contributed by atoms with Crippen LogP contribution in [0, 0.1) is 13.8 Å². The van der Waals surface area contributed by atoms with E-state index in [1.54, 1.807) is 36.7 Å². The Bertz CT molecular complexity index is 764. The molecule has 0 saturated carbocycles. The van der Waals surface area contributed by atoms with Gasteiger partial charge < -0.3 is 0 Å². The number of nitrogens with zero attached hydrogens (tertiary/aromatic N) is 3. The second-order valence-electron chi connectivity index (χ2n) is 4.98. The molecule has 118 valence electrons. The van der Waals surface area contributed by atoms with Crippen molar-refractivity contribution in [3.8, 4) is 0 Å². The van der Waals surface area contributed by atoms with Crippen LogP contribution in [0.5, 0.6) is 0 Å². The highest BCUT2D eigenvalue weighted by molar-refractivity contribution is 7.93. The minimum absolute atomic E-state index is 0.211. The van der Waals surface area contributed by atoms with Gasteiger partial charge in [-0.25, -0.2) is 8.42 Å². The van der Waals surface area contributed by atoms with E-state index in [-0.39, 0.29) is 11.4 Å². The molecule has 1 heterocycles. The smallest absolute Gasteiger partial charge is 0.268 e. The number of rotatable bonds is 6. The molecule has 0 aliphatic carbocycles. The van der Waals surface area contributed by atoms with Crippen LogP contribution in [-0.2, 0) is 16.6 Å². The number of hydrogen-bond acceptors (Lipinski definition) is 3. The van der Waals surface area contributed by atoms with E-state index in [0.717, 1.165) is 0 Å². The summed E-state index contributed by atoms with van der Waals surface area (Å²) >= 11 is 0. The van der Waals surface area contributed by atoms with E-state index in [2.05, 4.69) is 11.7 Å². The predicted octanol–water partition coefficient (Wildman–Crippen LogP) is 2.90. The lowest BCUT2D eigenvalue weighted by atomic mass is 10.3. The lowest BCUT2D eigenvalue weighted by molar-refractivity contribution is 0.590. The molecule has 5 nitrogen and oxygen atoms in total. The van der Waals surface area contributed by atoms with Crippen LogP contribution in [0.2, 0.25) is 0 Å². The van der Waals surface area contributed by atoms with Crippen LogP contribution in [0.4, 0.5) is 5.69 Å². The van der Waals surface area contributed by atoms with Crippen molar-refractivity contribution >= 4 is 15.7 Å². The molecule has 0 aliphatic heterocycles. The highest BCUT2D eigenvalue weighted by Gasteiger charge is 2.30. The van der Waals surface area contributed by atoms with Crippen molar-refractivity contribution in [3.05, 3.63) is 54.4 Å².